The van der Waals surface area contributed by atoms with Crippen molar-refractivity contribution in [3.8, 4) is 11.5 Å². The van der Waals surface area contributed by atoms with Gasteiger partial charge in [0.05, 0.1) is 24.6 Å². The van der Waals surface area contributed by atoms with Crippen LogP contribution in [0.2, 0.25) is 0 Å². The molecule has 0 saturated carbocycles. The molecule has 1 aromatic rings. The van der Waals surface area contributed by atoms with Gasteiger partial charge in [-0.05, 0) is 46.5 Å². The number of carboxylic acid groups (broad SMARTS) is 1. The highest BCUT2D eigenvalue weighted by molar-refractivity contribution is 9.10. The lowest BCUT2D eigenvalue weighted by Gasteiger charge is -2.17. The minimum Gasteiger partial charge on any atom is -0.493 e. The summed E-state index contributed by atoms with van der Waals surface area (Å²) in [5, 5.41) is 8.96. The minimum atomic E-state index is -0.805. The lowest BCUT2D eigenvalue weighted by atomic mass is 9.96. The molecule has 4 nitrogen and oxygen atoms in total. The fourth-order valence-corrected chi connectivity index (χ4v) is 2.43. The molecule has 0 heterocycles. The molecule has 1 atom stereocenters. The van der Waals surface area contributed by atoms with Crippen molar-refractivity contribution >= 4 is 21.9 Å². The van der Waals surface area contributed by atoms with Gasteiger partial charge in [0.25, 0.3) is 0 Å². The maximum absolute atomic E-state index is 10.9. The zero-order valence-electron chi connectivity index (χ0n) is 10.9. The average molecular weight is 317 g/mol. The van der Waals surface area contributed by atoms with Gasteiger partial charge >= 0.3 is 5.97 Å². The van der Waals surface area contributed by atoms with E-state index >= 15 is 0 Å². The Hall–Kier alpha value is -1.23. The van der Waals surface area contributed by atoms with E-state index in [9.17, 15) is 4.79 Å². The van der Waals surface area contributed by atoms with Crippen LogP contribution in [0.5, 0.6) is 11.5 Å². The Morgan fingerprint density at radius 2 is 1.94 bits per heavy atom. The Bertz CT molecular complexity index is 457. The van der Waals surface area contributed by atoms with Gasteiger partial charge in [0.15, 0.2) is 11.5 Å². The summed E-state index contributed by atoms with van der Waals surface area (Å²) >= 11 is 3.41. The lowest BCUT2D eigenvalue weighted by Crippen LogP contribution is -2.13. The molecule has 0 aromatic heterocycles. The Labute approximate surface area is 115 Å². The highest BCUT2D eigenvalue weighted by atomic mass is 79.9. The molecule has 0 aliphatic rings. The molecule has 1 N–H and O–H groups in total. The molecule has 1 aromatic carbocycles. The molecule has 1 rings (SSSR count). The van der Waals surface area contributed by atoms with E-state index in [0.29, 0.717) is 17.9 Å². The summed E-state index contributed by atoms with van der Waals surface area (Å²) in [6.07, 6.45) is 0.458. The molecular weight excluding hydrogens is 300 g/mol. The maximum atomic E-state index is 10.9. The lowest BCUT2D eigenvalue weighted by molar-refractivity contribution is -0.141. The fourth-order valence-electron chi connectivity index (χ4n) is 1.82. The van der Waals surface area contributed by atoms with Crippen molar-refractivity contribution < 1.29 is 19.4 Å². The zero-order chi connectivity index (χ0) is 13.9. The van der Waals surface area contributed by atoms with Crippen LogP contribution in [0.3, 0.4) is 0 Å². The van der Waals surface area contributed by atoms with Crippen molar-refractivity contribution in [2.75, 3.05) is 14.2 Å². The number of hydrogen-bond donors (Lipinski definition) is 1. The number of methoxy groups -OCH3 is 2. The van der Waals surface area contributed by atoms with Crippen LogP contribution < -0.4 is 9.47 Å². The summed E-state index contributed by atoms with van der Waals surface area (Å²) < 4.78 is 11.4. The number of carboxylic acids is 1. The molecule has 0 aliphatic carbocycles. The predicted molar refractivity (Wildman–Crippen MR) is 72.5 cm³/mol. The Morgan fingerprint density at radius 1 is 1.39 bits per heavy atom. The molecule has 0 amide bonds. The Morgan fingerprint density at radius 3 is 2.39 bits per heavy atom. The Balaban J connectivity index is 3.22. The summed E-state index contributed by atoms with van der Waals surface area (Å²) in [5.41, 5.74) is 1.85. The first kappa shape index (κ1) is 14.8. The molecule has 0 saturated heterocycles. The van der Waals surface area contributed by atoms with Crippen LogP contribution in [-0.2, 0) is 11.2 Å². The number of hydrogen-bond acceptors (Lipinski definition) is 3. The summed E-state index contributed by atoms with van der Waals surface area (Å²) in [6, 6.07) is 1.89. The number of aliphatic carboxylic acids is 1. The molecule has 0 bridgehead atoms. The minimum absolute atomic E-state index is 0.436. The van der Waals surface area contributed by atoms with Gasteiger partial charge in [0, 0.05) is 0 Å². The van der Waals surface area contributed by atoms with E-state index in [1.807, 2.05) is 13.0 Å². The van der Waals surface area contributed by atoms with Crippen molar-refractivity contribution in [2.45, 2.75) is 20.3 Å². The molecule has 18 heavy (non-hydrogen) atoms. The number of rotatable bonds is 5. The zero-order valence-corrected chi connectivity index (χ0v) is 12.5. The third-order valence-electron chi connectivity index (χ3n) is 2.90. The first-order chi connectivity index (χ1) is 8.42. The van der Waals surface area contributed by atoms with E-state index in [1.54, 1.807) is 21.1 Å². The van der Waals surface area contributed by atoms with Crippen LogP contribution in [0.15, 0.2) is 10.5 Å². The number of halogens is 1. The first-order valence-corrected chi connectivity index (χ1v) is 6.34. The summed E-state index contributed by atoms with van der Waals surface area (Å²) in [4.78, 5) is 10.9. The van der Waals surface area contributed by atoms with Crippen molar-refractivity contribution in [1.29, 1.82) is 0 Å². The number of benzene rings is 1. The van der Waals surface area contributed by atoms with E-state index in [1.165, 1.54) is 0 Å². The van der Waals surface area contributed by atoms with Crippen molar-refractivity contribution in [3.05, 3.63) is 21.7 Å². The third kappa shape index (κ3) is 2.96. The highest BCUT2D eigenvalue weighted by Gasteiger charge is 2.19. The van der Waals surface area contributed by atoms with Crippen molar-refractivity contribution in [3.63, 3.8) is 0 Å². The monoisotopic (exact) mass is 316 g/mol. The second-order valence-electron chi connectivity index (χ2n) is 4.15. The van der Waals surface area contributed by atoms with Gasteiger partial charge in [0.2, 0.25) is 0 Å². The van der Waals surface area contributed by atoms with Crippen molar-refractivity contribution in [1.82, 2.24) is 0 Å². The van der Waals surface area contributed by atoms with E-state index in [2.05, 4.69) is 15.9 Å². The molecule has 0 radical (unpaired) electrons. The fraction of sp³-hybridized carbons (Fsp3) is 0.462. The van der Waals surface area contributed by atoms with Gasteiger partial charge in [-0.15, -0.1) is 0 Å². The van der Waals surface area contributed by atoms with Crippen LogP contribution in [0.25, 0.3) is 0 Å². The smallest absolute Gasteiger partial charge is 0.306 e. The predicted octanol–water partition coefficient (Wildman–Crippen LogP) is 3.04. The normalized spacial score (nSPS) is 12.1. The maximum Gasteiger partial charge on any atom is 0.306 e. The number of carbonyl (C=O) groups is 1. The van der Waals surface area contributed by atoms with Gasteiger partial charge in [-0.1, -0.05) is 6.92 Å². The average Bonchev–Trinajstić information content (AvgIpc) is 2.32. The molecular formula is C13H17BrO4. The van der Waals surface area contributed by atoms with Gasteiger partial charge in [-0.25, -0.2) is 0 Å². The highest BCUT2D eigenvalue weighted by Crippen LogP contribution is 2.40. The Kier molecular flexibility index (Phi) is 5.02. The summed E-state index contributed by atoms with van der Waals surface area (Å²) in [7, 11) is 3.14. The van der Waals surface area contributed by atoms with Gasteiger partial charge in [0.1, 0.15) is 0 Å². The molecule has 1 unspecified atom stereocenters. The second kappa shape index (κ2) is 6.09. The molecule has 0 aliphatic heterocycles. The topological polar surface area (TPSA) is 55.8 Å². The largest absolute Gasteiger partial charge is 0.493 e. The van der Waals surface area contributed by atoms with Gasteiger partial charge in [-0.3, -0.25) is 4.79 Å². The van der Waals surface area contributed by atoms with Crippen LogP contribution in [-0.4, -0.2) is 25.3 Å². The van der Waals surface area contributed by atoms with E-state index in [0.717, 1.165) is 15.6 Å². The SMILES string of the molecule is COc1c(Br)cc(CC(C)C(=O)O)c(C)c1OC. The van der Waals surface area contributed by atoms with Crippen LogP contribution in [0, 0.1) is 12.8 Å². The molecule has 100 valence electrons. The molecule has 0 spiro atoms. The van der Waals surface area contributed by atoms with Crippen LogP contribution in [0.1, 0.15) is 18.1 Å². The standard InChI is InChI=1S/C13H17BrO4/c1-7(13(15)16)5-9-6-10(14)12(18-4)11(17-3)8(9)2/h6-7H,5H2,1-4H3,(H,15,16). The van der Waals surface area contributed by atoms with Crippen LogP contribution in [0.4, 0.5) is 0 Å². The second-order valence-corrected chi connectivity index (χ2v) is 5.01. The van der Waals surface area contributed by atoms with Gasteiger partial charge < -0.3 is 14.6 Å². The van der Waals surface area contributed by atoms with Gasteiger partial charge in [-0.2, -0.15) is 0 Å². The molecule has 5 heteroatoms. The van der Waals surface area contributed by atoms with Crippen molar-refractivity contribution in [2.24, 2.45) is 5.92 Å². The first-order valence-electron chi connectivity index (χ1n) is 5.55. The summed E-state index contributed by atoms with van der Waals surface area (Å²) in [5.74, 6) is 0.0233. The quantitative estimate of drug-likeness (QED) is 0.907. The van der Waals surface area contributed by atoms with Crippen LogP contribution >= 0.6 is 15.9 Å². The third-order valence-corrected chi connectivity index (χ3v) is 3.49. The summed E-state index contributed by atoms with van der Waals surface area (Å²) in [6.45, 7) is 3.59. The number of ether oxygens (including phenoxy) is 2. The van der Waals surface area contributed by atoms with E-state index < -0.39 is 11.9 Å². The van der Waals surface area contributed by atoms with E-state index in [-0.39, 0.29) is 0 Å². The molecule has 0 fully saturated rings. The van der Waals surface area contributed by atoms with E-state index in [4.69, 9.17) is 14.6 Å².